The zero-order chi connectivity index (χ0) is 17.3. The Hall–Kier alpha value is -2.73. The molecule has 1 aliphatic heterocycles. The first kappa shape index (κ1) is 15.5. The summed E-state index contributed by atoms with van der Waals surface area (Å²) in [6.07, 6.45) is 6.17. The molecule has 1 aliphatic carbocycles. The minimum atomic E-state index is 0.184. The van der Waals surface area contributed by atoms with Crippen molar-refractivity contribution in [3.05, 3.63) is 60.2 Å². The predicted octanol–water partition coefficient (Wildman–Crippen LogP) is 3.27. The summed E-state index contributed by atoms with van der Waals surface area (Å²) in [6.45, 7) is 2.75. The van der Waals surface area contributed by atoms with Crippen LogP contribution < -0.4 is 4.74 Å². The Kier molecular flexibility index (Phi) is 3.90. The normalized spacial score (nSPS) is 17.8. The van der Waals surface area contributed by atoms with E-state index in [1.807, 2.05) is 36.7 Å². The van der Waals surface area contributed by atoms with Gasteiger partial charge >= 0.3 is 0 Å². The second-order valence-corrected chi connectivity index (χ2v) is 7.02. The van der Waals surface area contributed by atoms with Crippen molar-refractivity contribution in [1.82, 2.24) is 20.0 Å². The van der Waals surface area contributed by atoms with Gasteiger partial charge in [-0.3, -0.25) is 9.88 Å². The van der Waals surface area contributed by atoms with Crippen LogP contribution >= 0.6 is 0 Å². The van der Waals surface area contributed by atoms with Gasteiger partial charge in [0.05, 0.1) is 5.56 Å². The zero-order valence-corrected chi connectivity index (χ0v) is 14.4. The highest BCUT2D eigenvalue weighted by Gasteiger charge is 2.31. The number of pyridine rings is 1. The zero-order valence-electron chi connectivity index (χ0n) is 14.4. The molecule has 2 aromatic heterocycles. The molecule has 26 heavy (non-hydrogen) atoms. The fraction of sp³-hybridized carbons (Fsp3) is 0.350. The first-order valence-corrected chi connectivity index (χ1v) is 9.06. The number of likely N-dealkylation sites (tertiary alicyclic amines) is 1. The van der Waals surface area contributed by atoms with E-state index in [-0.39, 0.29) is 6.10 Å². The molecule has 0 amide bonds. The molecular weight excluding hydrogens is 328 g/mol. The molecule has 0 bridgehead atoms. The number of para-hydroxylation sites is 1. The van der Waals surface area contributed by atoms with Crippen molar-refractivity contribution in [1.29, 1.82) is 0 Å². The molecule has 6 nitrogen and oxygen atoms in total. The smallest absolute Gasteiger partial charge is 0.261 e. The number of ether oxygens (including phenoxy) is 1. The van der Waals surface area contributed by atoms with E-state index >= 15 is 0 Å². The van der Waals surface area contributed by atoms with Gasteiger partial charge in [-0.05, 0) is 42.7 Å². The molecule has 1 saturated carbocycles. The van der Waals surface area contributed by atoms with Gasteiger partial charge in [0.25, 0.3) is 5.89 Å². The minimum Gasteiger partial charge on any atom is -0.487 e. The molecule has 2 aliphatic rings. The van der Waals surface area contributed by atoms with E-state index in [9.17, 15) is 0 Å². The minimum absolute atomic E-state index is 0.184. The first-order valence-electron chi connectivity index (χ1n) is 9.06. The van der Waals surface area contributed by atoms with Crippen LogP contribution in [0.25, 0.3) is 11.5 Å². The van der Waals surface area contributed by atoms with E-state index in [1.165, 1.54) is 5.56 Å². The van der Waals surface area contributed by atoms with E-state index in [0.717, 1.165) is 49.6 Å². The Morgan fingerprint density at radius 1 is 1.08 bits per heavy atom. The quantitative estimate of drug-likeness (QED) is 0.681. The van der Waals surface area contributed by atoms with Crippen molar-refractivity contribution < 1.29 is 9.26 Å². The average Bonchev–Trinajstić information content (AvgIpc) is 3.38. The topological polar surface area (TPSA) is 64.3 Å². The molecule has 0 unspecified atom stereocenters. The summed E-state index contributed by atoms with van der Waals surface area (Å²) < 4.78 is 11.7. The van der Waals surface area contributed by atoms with Crippen LogP contribution in [-0.4, -0.2) is 39.2 Å². The van der Waals surface area contributed by atoms with Gasteiger partial charge in [0, 0.05) is 37.9 Å². The molecule has 132 valence electrons. The van der Waals surface area contributed by atoms with Gasteiger partial charge in [-0.1, -0.05) is 17.3 Å². The molecule has 5 rings (SSSR count). The summed E-state index contributed by atoms with van der Waals surface area (Å²) in [5.41, 5.74) is 2.15. The number of benzene rings is 1. The fourth-order valence-electron chi connectivity index (χ4n) is 3.25. The Labute approximate surface area is 151 Å². The lowest BCUT2D eigenvalue weighted by atomic mass is 10.1. The number of rotatable bonds is 6. The second kappa shape index (κ2) is 6.53. The van der Waals surface area contributed by atoms with Crippen molar-refractivity contribution in [2.24, 2.45) is 0 Å². The molecule has 3 heterocycles. The van der Waals surface area contributed by atoms with Gasteiger partial charge in [0.15, 0.2) is 5.82 Å². The predicted molar refractivity (Wildman–Crippen MR) is 95.6 cm³/mol. The lowest BCUT2D eigenvalue weighted by molar-refractivity contribution is 0.0148. The van der Waals surface area contributed by atoms with Gasteiger partial charge < -0.3 is 9.26 Å². The van der Waals surface area contributed by atoms with Crippen LogP contribution in [0.5, 0.6) is 5.75 Å². The van der Waals surface area contributed by atoms with Gasteiger partial charge in [0.1, 0.15) is 11.9 Å². The number of hydrogen-bond donors (Lipinski definition) is 0. The van der Waals surface area contributed by atoms with Crippen molar-refractivity contribution in [2.75, 3.05) is 13.1 Å². The Balaban J connectivity index is 1.24. The lowest BCUT2D eigenvalue weighted by Gasteiger charge is -2.39. The van der Waals surface area contributed by atoms with Crippen LogP contribution in [0.1, 0.15) is 30.1 Å². The Morgan fingerprint density at radius 2 is 1.88 bits per heavy atom. The van der Waals surface area contributed by atoms with Gasteiger partial charge in [-0.15, -0.1) is 0 Å². The van der Waals surface area contributed by atoms with Gasteiger partial charge in [0.2, 0.25) is 0 Å². The number of aromatic nitrogens is 3. The molecular formula is C20H20N4O2. The molecule has 0 spiro atoms. The third-order valence-electron chi connectivity index (χ3n) is 4.87. The van der Waals surface area contributed by atoms with Crippen molar-refractivity contribution in [3.63, 3.8) is 0 Å². The molecule has 3 aromatic rings. The summed E-state index contributed by atoms with van der Waals surface area (Å²) in [5, 5.41) is 4.11. The summed E-state index contributed by atoms with van der Waals surface area (Å²) in [6, 6.07) is 12.0. The van der Waals surface area contributed by atoms with Crippen molar-refractivity contribution in [3.8, 4) is 17.2 Å². The molecule has 0 atom stereocenters. The number of hydrogen-bond acceptors (Lipinski definition) is 6. The molecule has 0 radical (unpaired) electrons. The molecule has 6 heteroatoms. The monoisotopic (exact) mass is 348 g/mol. The van der Waals surface area contributed by atoms with E-state index in [1.54, 1.807) is 0 Å². The van der Waals surface area contributed by atoms with Crippen LogP contribution in [0, 0.1) is 0 Å². The fourth-order valence-corrected chi connectivity index (χ4v) is 3.25. The Morgan fingerprint density at radius 3 is 2.69 bits per heavy atom. The van der Waals surface area contributed by atoms with Gasteiger partial charge in [-0.25, -0.2) is 0 Å². The summed E-state index contributed by atoms with van der Waals surface area (Å²) in [4.78, 5) is 11.0. The van der Waals surface area contributed by atoms with Crippen LogP contribution in [0.15, 0.2) is 53.3 Å². The number of nitrogens with zero attached hydrogens (tertiary/aromatic N) is 4. The summed E-state index contributed by atoms with van der Waals surface area (Å²) in [5.74, 6) is 2.67. The average molecular weight is 348 g/mol. The van der Waals surface area contributed by atoms with E-state index in [2.05, 4.69) is 32.2 Å². The first-order chi connectivity index (χ1) is 12.8. The summed E-state index contributed by atoms with van der Waals surface area (Å²) in [7, 11) is 0. The second-order valence-electron chi connectivity index (χ2n) is 7.02. The van der Waals surface area contributed by atoms with Crippen molar-refractivity contribution >= 4 is 0 Å². The molecule has 0 N–H and O–H groups in total. The van der Waals surface area contributed by atoms with E-state index in [4.69, 9.17) is 9.26 Å². The van der Waals surface area contributed by atoms with Crippen molar-refractivity contribution in [2.45, 2.75) is 31.4 Å². The Bertz CT molecular complexity index is 886. The third-order valence-corrected chi connectivity index (χ3v) is 4.87. The van der Waals surface area contributed by atoms with Crippen LogP contribution in [0.4, 0.5) is 0 Å². The maximum atomic E-state index is 6.21. The van der Waals surface area contributed by atoms with E-state index in [0.29, 0.717) is 11.8 Å². The highest BCUT2D eigenvalue weighted by atomic mass is 16.5. The maximum Gasteiger partial charge on any atom is 0.261 e. The van der Waals surface area contributed by atoms with Crippen LogP contribution in [-0.2, 0) is 6.54 Å². The maximum absolute atomic E-state index is 6.21. The largest absolute Gasteiger partial charge is 0.487 e. The standard InChI is InChI=1S/C20H20N4O2/c1-2-4-18(17(3-1)20-22-19(23-26-20)15-5-6-15)25-16-12-24(13-16)11-14-7-9-21-10-8-14/h1-4,7-10,15-16H,5-6,11-13H2. The third kappa shape index (κ3) is 3.20. The lowest BCUT2D eigenvalue weighted by Crippen LogP contribution is -2.53. The van der Waals surface area contributed by atoms with Crippen LogP contribution in [0.3, 0.4) is 0 Å². The van der Waals surface area contributed by atoms with Crippen LogP contribution in [0.2, 0.25) is 0 Å². The molecule has 1 aromatic carbocycles. The highest BCUT2D eigenvalue weighted by molar-refractivity contribution is 5.62. The summed E-state index contributed by atoms with van der Waals surface area (Å²) >= 11 is 0. The van der Waals surface area contributed by atoms with E-state index < -0.39 is 0 Å². The SMILES string of the molecule is c1ccc(-c2nc(C3CC3)no2)c(OC2CN(Cc3ccncc3)C2)c1. The van der Waals surface area contributed by atoms with Gasteiger partial charge in [-0.2, -0.15) is 4.98 Å². The highest BCUT2D eigenvalue weighted by Crippen LogP contribution is 2.39. The molecule has 2 fully saturated rings. The molecule has 1 saturated heterocycles.